The van der Waals surface area contributed by atoms with E-state index < -0.39 is 0 Å². The van der Waals surface area contributed by atoms with Gasteiger partial charge in [0.1, 0.15) is 5.75 Å². The summed E-state index contributed by atoms with van der Waals surface area (Å²) in [5, 5.41) is 0.721. The van der Waals surface area contributed by atoms with E-state index in [1.807, 2.05) is 18.2 Å². The van der Waals surface area contributed by atoms with Gasteiger partial charge in [0.25, 0.3) is 0 Å². The Labute approximate surface area is 107 Å². The molecule has 3 nitrogen and oxygen atoms in total. The Balaban J connectivity index is 2.31. The van der Waals surface area contributed by atoms with E-state index in [2.05, 4.69) is 5.43 Å². The van der Waals surface area contributed by atoms with Crippen LogP contribution in [-0.4, -0.2) is 7.11 Å². The van der Waals surface area contributed by atoms with E-state index in [-0.39, 0.29) is 6.04 Å². The van der Waals surface area contributed by atoms with Crippen molar-refractivity contribution in [1.29, 1.82) is 0 Å². The number of hydrogen-bond donors (Lipinski definition) is 2. The lowest BCUT2D eigenvalue weighted by molar-refractivity contribution is 0.348. The third-order valence-corrected chi connectivity index (χ3v) is 3.81. The van der Waals surface area contributed by atoms with Crippen LogP contribution in [0.25, 0.3) is 0 Å². The minimum atomic E-state index is 0.131. The molecule has 0 aromatic heterocycles. The van der Waals surface area contributed by atoms with Crippen LogP contribution in [0.3, 0.4) is 0 Å². The van der Waals surface area contributed by atoms with E-state index in [0.29, 0.717) is 5.92 Å². The van der Waals surface area contributed by atoms with Crippen LogP contribution in [0, 0.1) is 5.92 Å². The Morgan fingerprint density at radius 2 is 2.12 bits per heavy atom. The van der Waals surface area contributed by atoms with Crippen molar-refractivity contribution in [1.82, 2.24) is 5.43 Å². The van der Waals surface area contributed by atoms with Crippen molar-refractivity contribution in [3.63, 3.8) is 0 Å². The van der Waals surface area contributed by atoms with Crippen LogP contribution >= 0.6 is 11.6 Å². The summed E-state index contributed by atoms with van der Waals surface area (Å²) in [4.78, 5) is 0. The molecule has 17 heavy (non-hydrogen) atoms. The third kappa shape index (κ3) is 2.73. The molecule has 0 heterocycles. The minimum absolute atomic E-state index is 0.131. The largest absolute Gasteiger partial charge is 0.496 e. The molecule has 1 saturated carbocycles. The average molecular weight is 255 g/mol. The molecule has 94 valence electrons. The van der Waals surface area contributed by atoms with Gasteiger partial charge in [0.2, 0.25) is 0 Å². The SMILES string of the molecule is COc1ccc(Cl)cc1C(NN)C1CCCC1. The Hall–Kier alpha value is -0.770. The number of benzene rings is 1. The number of ether oxygens (including phenoxy) is 1. The standard InChI is InChI=1S/C13H19ClN2O/c1-17-12-7-6-10(14)8-11(12)13(16-15)9-4-2-3-5-9/h6-9,13,16H,2-5,15H2,1H3. The molecule has 1 aromatic carbocycles. The van der Waals surface area contributed by atoms with Gasteiger partial charge in [-0.3, -0.25) is 11.3 Å². The highest BCUT2D eigenvalue weighted by Gasteiger charge is 2.27. The Kier molecular flexibility index (Phi) is 4.26. The summed E-state index contributed by atoms with van der Waals surface area (Å²) in [6.45, 7) is 0. The van der Waals surface area contributed by atoms with Crippen molar-refractivity contribution in [2.45, 2.75) is 31.7 Å². The first kappa shape index (κ1) is 12.7. The monoisotopic (exact) mass is 254 g/mol. The molecule has 1 atom stereocenters. The van der Waals surface area contributed by atoms with E-state index >= 15 is 0 Å². The number of methoxy groups -OCH3 is 1. The second-order valence-corrected chi connectivity index (χ2v) is 5.01. The van der Waals surface area contributed by atoms with Crippen LogP contribution in [0.2, 0.25) is 5.02 Å². The molecule has 0 bridgehead atoms. The molecule has 0 aliphatic heterocycles. The van der Waals surface area contributed by atoms with E-state index in [4.69, 9.17) is 22.2 Å². The number of halogens is 1. The minimum Gasteiger partial charge on any atom is -0.496 e. The predicted molar refractivity (Wildman–Crippen MR) is 70.0 cm³/mol. The normalized spacial score (nSPS) is 18.3. The quantitative estimate of drug-likeness (QED) is 0.641. The highest BCUT2D eigenvalue weighted by molar-refractivity contribution is 6.30. The lowest BCUT2D eigenvalue weighted by Crippen LogP contribution is -2.33. The first-order valence-corrected chi connectivity index (χ1v) is 6.43. The lowest BCUT2D eigenvalue weighted by Gasteiger charge is -2.24. The fourth-order valence-corrected chi connectivity index (χ4v) is 2.90. The fourth-order valence-electron chi connectivity index (χ4n) is 2.72. The van der Waals surface area contributed by atoms with Gasteiger partial charge in [0, 0.05) is 10.6 Å². The Morgan fingerprint density at radius 3 is 2.71 bits per heavy atom. The average Bonchev–Trinajstić information content (AvgIpc) is 2.84. The van der Waals surface area contributed by atoms with Crippen LogP contribution in [0.15, 0.2) is 18.2 Å². The molecule has 2 rings (SSSR count). The summed E-state index contributed by atoms with van der Waals surface area (Å²) >= 11 is 6.06. The van der Waals surface area contributed by atoms with Crippen molar-refractivity contribution in [2.24, 2.45) is 11.8 Å². The molecule has 1 aliphatic carbocycles. The topological polar surface area (TPSA) is 47.3 Å². The predicted octanol–water partition coefficient (Wildman–Crippen LogP) is 3.04. The molecule has 1 unspecified atom stereocenters. The zero-order valence-corrected chi connectivity index (χ0v) is 10.8. The highest BCUT2D eigenvalue weighted by Crippen LogP contribution is 2.39. The van der Waals surface area contributed by atoms with Gasteiger partial charge in [-0.05, 0) is 37.0 Å². The molecule has 0 saturated heterocycles. The first-order chi connectivity index (χ1) is 8.26. The molecule has 0 amide bonds. The second kappa shape index (κ2) is 5.71. The van der Waals surface area contributed by atoms with Gasteiger partial charge in [0.05, 0.1) is 13.2 Å². The Morgan fingerprint density at radius 1 is 1.41 bits per heavy atom. The van der Waals surface area contributed by atoms with Crippen LogP contribution in [0.1, 0.15) is 37.3 Å². The van der Waals surface area contributed by atoms with Gasteiger partial charge < -0.3 is 4.74 Å². The Bertz CT molecular complexity index is 378. The number of nitrogens with two attached hydrogens (primary N) is 1. The van der Waals surface area contributed by atoms with E-state index in [1.165, 1.54) is 25.7 Å². The summed E-state index contributed by atoms with van der Waals surface area (Å²) in [7, 11) is 1.68. The van der Waals surface area contributed by atoms with Crippen molar-refractivity contribution < 1.29 is 4.74 Å². The summed E-state index contributed by atoms with van der Waals surface area (Å²) in [5.41, 5.74) is 3.99. The zero-order chi connectivity index (χ0) is 12.3. The van der Waals surface area contributed by atoms with E-state index in [0.717, 1.165) is 16.3 Å². The molecule has 0 radical (unpaired) electrons. The third-order valence-electron chi connectivity index (χ3n) is 3.58. The van der Waals surface area contributed by atoms with Crippen LogP contribution in [0.4, 0.5) is 0 Å². The summed E-state index contributed by atoms with van der Waals surface area (Å²) < 4.78 is 5.39. The van der Waals surface area contributed by atoms with Crippen molar-refractivity contribution in [3.8, 4) is 5.75 Å². The molecular formula is C13H19ClN2O. The first-order valence-electron chi connectivity index (χ1n) is 6.06. The smallest absolute Gasteiger partial charge is 0.123 e. The maximum atomic E-state index is 6.06. The maximum Gasteiger partial charge on any atom is 0.123 e. The number of rotatable bonds is 4. The van der Waals surface area contributed by atoms with E-state index in [9.17, 15) is 0 Å². The van der Waals surface area contributed by atoms with Gasteiger partial charge in [-0.1, -0.05) is 24.4 Å². The second-order valence-electron chi connectivity index (χ2n) is 4.58. The number of hydrazine groups is 1. The molecule has 4 heteroatoms. The summed E-state index contributed by atoms with van der Waals surface area (Å²) in [6, 6.07) is 5.82. The number of nitrogens with one attached hydrogen (secondary N) is 1. The summed E-state index contributed by atoms with van der Waals surface area (Å²) in [5.74, 6) is 7.14. The van der Waals surface area contributed by atoms with E-state index in [1.54, 1.807) is 7.11 Å². The molecule has 3 N–H and O–H groups in total. The van der Waals surface area contributed by atoms with Gasteiger partial charge >= 0.3 is 0 Å². The number of hydrogen-bond acceptors (Lipinski definition) is 3. The van der Waals surface area contributed by atoms with Crippen LogP contribution in [0.5, 0.6) is 5.75 Å². The van der Waals surface area contributed by atoms with Crippen molar-refractivity contribution in [3.05, 3.63) is 28.8 Å². The summed E-state index contributed by atoms with van der Waals surface area (Å²) in [6.07, 6.45) is 4.99. The molecule has 1 aromatic rings. The van der Waals surface area contributed by atoms with Crippen LogP contribution in [-0.2, 0) is 0 Å². The zero-order valence-electron chi connectivity index (χ0n) is 10.1. The molecule has 1 aliphatic rings. The van der Waals surface area contributed by atoms with Gasteiger partial charge in [-0.25, -0.2) is 0 Å². The maximum absolute atomic E-state index is 6.06. The molecule has 1 fully saturated rings. The van der Waals surface area contributed by atoms with Gasteiger partial charge in [-0.15, -0.1) is 0 Å². The molecular weight excluding hydrogens is 236 g/mol. The lowest BCUT2D eigenvalue weighted by atomic mass is 9.91. The van der Waals surface area contributed by atoms with Gasteiger partial charge in [-0.2, -0.15) is 0 Å². The van der Waals surface area contributed by atoms with Crippen LogP contribution < -0.4 is 16.0 Å². The van der Waals surface area contributed by atoms with Crippen molar-refractivity contribution >= 4 is 11.6 Å². The molecule has 0 spiro atoms. The highest BCUT2D eigenvalue weighted by atomic mass is 35.5. The van der Waals surface area contributed by atoms with Gasteiger partial charge in [0.15, 0.2) is 0 Å². The van der Waals surface area contributed by atoms with Crippen molar-refractivity contribution in [2.75, 3.05) is 7.11 Å². The fraction of sp³-hybridized carbons (Fsp3) is 0.538.